The first-order valence-corrected chi connectivity index (χ1v) is 5.20. The zero-order valence-corrected chi connectivity index (χ0v) is 8.82. The number of nitrogens with zero attached hydrogens (tertiary/aromatic N) is 1. The van der Waals surface area contributed by atoms with Gasteiger partial charge in [0.1, 0.15) is 17.4 Å². The van der Waals surface area contributed by atoms with Gasteiger partial charge in [-0.2, -0.15) is 5.26 Å². The first-order chi connectivity index (χ1) is 6.24. The SMILES string of the molecule is N#Cc1c(O)c(Br)cc2sccc12. The molecule has 1 N–H and O–H groups in total. The number of halogens is 1. The lowest BCUT2D eigenvalue weighted by atomic mass is 10.1. The number of rotatable bonds is 0. The minimum atomic E-state index is 0.0217. The van der Waals surface area contributed by atoms with Crippen LogP contribution in [0.1, 0.15) is 5.56 Å². The van der Waals surface area contributed by atoms with Crippen molar-refractivity contribution >= 4 is 37.4 Å². The van der Waals surface area contributed by atoms with Crippen molar-refractivity contribution in [2.75, 3.05) is 0 Å². The normalized spacial score (nSPS) is 10.2. The molecule has 0 amide bonds. The third-order valence-electron chi connectivity index (χ3n) is 1.80. The molecule has 1 aromatic carbocycles. The van der Waals surface area contributed by atoms with Crippen molar-refractivity contribution in [2.45, 2.75) is 0 Å². The van der Waals surface area contributed by atoms with Crippen LogP contribution in [0, 0.1) is 11.3 Å². The average Bonchev–Trinajstić information content (AvgIpc) is 2.54. The maximum atomic E-state index is 9.55. The summed E-state index contributed by atoms with van der Waals surface area (Å²) < 4.78 is 1.57. The Bertz CT molecular complexity index is 512. The number of aromatic hydroxyl groups is 1. The largest absolute Gasteiger partial charge is 0.505 e. The van der Waals surface area contributed by atoms with E-state index in [0.717, 1.165) is 10.1 Å². The Balaban J connectivity index is 2.98. The van der Waals surface area contributed by atoms with Crippen LogP contribution in [0.5, 0.6) is 5.75 Å². The summed E-state index contributed by atoms with van der Waals surface area (Å²) in [5.74, 6) is 0.0217. The van der Waals surface area contributed by atoms with Gasteiger partial charge in [-0.25, -0.2) is 0 Å². The average molecular weight is 254 g/mol. The number of nitriles is 1. The van der Waals surface area contributed by atoms with Crippen LogP contribution in [0.25, 0.3) is 10.1 Å². The molecule has 0 fully saturated rings. The molecule has 0 aliphatic carbocycles. The standard InChI is InChI=1S/C9H4BrNOS/c10-7-3-8-5(1-2-13-8)6(4-11)9(7)12/h1-3,12H. The Morgan fingerprint density at radius 1 is 1.54 bits per heavy atom. The van der Waals surface area contributed by atoms with Gasteiger partial charge in [-0.1, -0.05) is 0 Å². The topological polar surface area (TPSA) is 44.0 Å². The molecule has 64 valence electrons. The molecule has 0 saturated heterocycles. The fraction of sp³-hybridized carbons (Fsp3) is 0. The molecule has 0 radical (unpaired) electrons. The fourth-order valence-electron chi connectivity index (χ4n) is 1.18. The van der Waals surface area contributed by atoms with Crippen molar-refractivity contribution in [3.8, 4) is 11.8 Å². The second-order valence-electron chi connectivity index (χ2n) is 2.53. The van der Waals surface area contributed by atoms with Crippen LogP contribution in [0.15, 0.2) is 22.0 Å². The van der Waals surface area contributed by atoms with E-state index in [0.29, 0.717) is 10.0 Å². The Kier molecular flexibility index (Phi) is 1.98. The van der Waals surface area contributed by atoms with Crippen LogP contribution in [0.4, 0.5) is 0 Å². The molecule has 0 saturated carbocycles. The van der Waals surface area contributed by atoms with E-state index in [1.165, 1.54) is 0 Å². The van der Waals surface area contributed by atoms with Crippen LogP contribution in [-0.4, -0.2) is 5.11 Å². The van der Waals surface area contributed by atoms with Gasteiger partial charge in [0.15, 0.2) is 0 Å². The smallest absolute Gasteiger partial charge is 0.148 e. The molecule has 2 aromatic rings. The summed E-state index contributed by atoms with van der Waals surface area (Å²) in [6.07, 6.45) is 0. The highest BCUT2D eigenvalue weighted by Crippen LogP contribution is 2.36. The Labute approximate surface area is 87.2 Å². The Morgan fingerprint density at radius 3 is 3.00 bits per heavy atom. The van der Waals surface area contributed by atoms with Gasteiger partial charge in [-0.3, -0.25) is 0 Å². The van der Waals surface area contributed by atoms with Crippen molar-refractivity contribution in [1.29, 1.82) is 5.26 Å². The van der Waals surface area contributed by atoms with Gasteiger partial charge in [0.05, 0.1) is 4.47 Å². The highest BCUT2D eigenvalue weighted by Gasteiger charge is 2.10. The number of phenolic OH excluding ortho intramolecular Hbond substituents is 1. The van der Waals surface area contributed by atoms with Gasteiger partial charge in [0, 0.05) is 10.1 Å². The van der Waals surface area contributed by atoms with Gasteiger partial charge in [-0.05, 0) is 33.4 Å². The molecule has 1 aromatic heterocycles. The molecule has 0 atom stereocenters. The van der Waals surface area contributed by atoms with Crippen LogP contribution in [-0.2, 0) is 0 Å². The fourth-order valence-corrected chi connectivity index (χ4v) is 2.60. The van der Waals surface area contributed by atoms with E-state index in [4.69, 9.17) is 5.26 Å². The number of hydrogen-bond acceptors (Lipinski definition) is 3. The summed E-state index contributed by atoms with van der Waals surface area (Å²) in [4.78, 5) is 0. The molecular formula is C9H4BrNOS. The van der Waals surface area contributed by atoms with Crippen LogP contribution in [0.2, 0.25) is 0 Å². The minimum absolute atomic E-state index is 0.0217. The second kappa shape index (κ2) is 3.02. The number of benzene rings is 1. The third-order valence-corrected chi connectivity index (χ3v) is 3.27. The molecule has 13 heavy (non-hydrogen) atoms. The van der Waals surface area contributed by atoms with Crippen LogP contribution in [0.3, 0.4) is 0 Å². The first kappa shape index (κ1) is 8.54. The summed E-state index contributed by atoms with van der Waals surface area (Å²) in [5.41, 5.74) is 0.339. The summed E-state index contributed by atoms with van der Waals surface area (Å²) in [6, 6.07) is 5.65. The van der Waals surface area contributed by atoms with Gasteiger partial charge in [0.25, 0.3) is 0 Å². The number of phenols is 1. The van der Waals surface area contributed by atoms with Crippen molar-refractivity contribution < 1.29 is 5.11 Å². The molecule has 2 nitrogen and oxygen atoms in total. The van der Waals surface area contributed by atoms with Crippen molar-refractivity contribution in [1.82, 2.24) is 0 Å². The number of thiophene rings is 1. The Morgan fingerprint density at radius 2 is 2.31 bits per heavy atom. The van der Waals surface area contributed by atoms with E-state index < -0.39 is 0 Å². The highest BCUT2D eigenvalue weighted by molar-refractivity contribution is 9.10. The van der Waals surface area contributed by atoms with Gasteiger partial charge in [-0.15, -0.1) is 11.3 Å². The Hall–Kier alpha value is -1.05. The summed E-state index contributed by atoms with van der Waals surface area (Å²) in [7, 11) is 0. The minimum Gasteiger partial charge on any atom is -0.505 e. The van der Waals surface area contributed by atoms with Crippen molar-refractivity contribution in [2.24, 2.45) is 0 Å². The maximum Gasteiger partial charge on any atom is 0.148 e. The van der Waals surface area contributed by atoms with E-state index in [1.807, 2.05) is 23.6 Å². The second-order valence-corrected chi connectivity index (χ2v) is 4.33. The molecule has 4 heteroatoms. The van der Waals surface area contributed by atoms with Crippen molar-refractivity contribution in [3.05, 3.63) is 27.5 Å². The van der Waals surface area contributed by atoms with E-state index in [2.05, 4.69) is 15.9 Å². The molecular weight excluding hydrogens is 250 g/mol. The predicted molar refractivity (Wildman–Crippen MR) is 55.9 cm³/mol. The number of hydrogen-bond donors (Lipinski definition) is 1. The van der Waals surface area contributed by atoms with Crippen molar-refractivity contribution in [3.63, 3.8) is 0 Å². The van der Waals surface area contributed by atoms with Gasteiger partial charge in [0.2, 0.25) is 0 Å². The number of fused-ring (bicyclic) bond motifs is 1. The highest BCUT2D eigenvalue weighted by atomic mass is 79.9. The molecule has 0 bridgehead atoms. The van der Waals surface area contributed by atoms with Crippen LogP contribution >= 0.6 is 27.3 Å². The molecule has 0 unspecified atom stereocenters. The summed E-state index contributed by atoms with van der Waals surface area (Å²) in [5, 5.41) is 21.1. The van der Waals surface area contributed by atoms with E-state index in [1.54, 1.807) is 11.3 Å². The maximum absolute atomic E-state index is 9.55. The van der Waals surface area contributed by atoms with Gasteiger partial charge < -0.3 is 5.11 Å². The molecule has 1 heterocycles. The zero-order chi connectivity index (χ0) is 9.42. The molecule has 2 rings (SSSR count). The predicted octanol–water partition coefficient (Wildman–Crippen LogP) is 3.24. The lowest BCUT2D eigenvalue weighted by Gasteiger charge is -2.00. The first-order valence-electron chi connectivity index (χ1n) is 3.53. The lowest BCUT2D eigenvalue weighted by molar-refractivity contribution is 0.471. The van der Waals surface area contributed by atoms with E-state index in [-0.39, 0.29) is 5.75 Å². The summed E-state index contributed by atoms with van der Waals surface area (Å²) in [6.45, 7) is 0. The third kappa shape index (κ3) is 1.21. The quantitative estimate of drug-likeness (QED) is 0.784. The zero-order valence-electron chi connectivity index (χ0n) is 6.41. The van der Waals surface area contributed by atoms with E-state index >= 15 is 0 Å². The van der Waals surface area contributed by atoms with Gasteiger partial charge >= 0.3 is 0 Å². The molecule has 0 aliphatic heterocycles. The molecule has 0 aliphatic rings. The summed E-state index contributed by atoms with van der Waals surface area (Å²) >= 11 is 4.75. The van der Waals surface area contributed by atoms with Crippen LogP contribution < -0.4 is 0 Å². The monoisotopic (exact) mass is 253 g/mol. The van der Waals surface area contributed by atoms with E-state index in [9.17, 15) is 5.11 Å². The molecule has 0 spiro atoms. The lowest BCUT2D eigenvalue weighted by Crippen LogP contribution is -1.78.